The first kappa shape index (κ1) is 20.3. The number of hydrogen-bond donors (Lipinski definition) is 0. The van der Waals surface area contributed by atoms with Crippen LogP contribution in [0.3, 0.4) is 0 Å². The summed E-state index contributed by atoms with van der Waals surface area (Å²) in [6.07, 6.45) is 22.3. The number of imidazole rings is 1. The van der Waals surface area contributed by atoms with E-state index < -0.39 is 0 Å². The molecule has 134 valence electrons. The third-order valence-corrected chi connectivity index (χ3v) is 4.85. The molecule has 0 saturated carbocycles. The van der Waals surface area contributed by atoms with Gasteiger partial charge in [-0.3, -0.25) is 0 Å². The van der Waals surface area contributed by atoms with Crippen LogP contribution in [-0.2, 0) is 19.5 Å². The summed E-state index contributed by atoms with van der Waals surface area (Å²) in [5.41, 5.74) is 0. The molecule has 0 spiro atoms. The predicted octanol–water partition coefficient (Wildman–Crippen LogP) is 6.06. The number of unbranched alkanes of at least 4 members (excludes halogenated alkanes) is 9. The van der Waals surface area contributed by atoms with Crippen molar-refractivity contribution in [3.05, 3.63) is 18.2 Å². The van der Waals surface area contributed by atoms with Crippen LogP contribution in [0.1, 0.15) is 104 Å². The van der Waals surface area contributed by atoms with E-state index in [1.165, 1.54) is 96.6 Å². The number of nitrogens with zero attached hydrogens (tertiary/aromatic N) is 2. The Labute approximate surface area is 145 Å². The van der Waals surface area contributed by atoms with E-state index >= 15 is 0 Å². The lowest BCUT2D eigenvalue weighted by Gasteiger charge is -2.05. The highest BCUT2D eigenvalue weighted by molar-refractivity contribution is 4.84. The van der Waals surface area contributed by atoms with E-state index in [1.54, 1.807) is 5.82 Å². The molecule has 0 aliphatic heterocycles. The second kappa shape index (κ2) is 13.6. The summed E-state index contributed by atoms with van der Waals surface area (Å²) in [5.74, 6) is 1.56. The topological polar surface area (TPSA) is 8.81 Å². The van der Waals surface area contributed by atoms with Crippen LogP contribution in [0.2, 0.25) is 0 Å². The van der Waals surface area contributed by atoms with Gasteiger partial charge in [-0.05, 0) is 32.1 Å². The number of hydrogen-bond acceptors (Lipinski definition) is 0. The first-order valence-electron chi connectivity index (χ1n) is 10.4. The van der Waals surface area contributed by atoms with Gasteiger partial charge in [0.25, 0.3) is 5.82 Å². The molecule has 0 N–H and O–H groups in total. The van der Waals surface area contributed by atoms with Crippen LogP contribution < -0.4 is 4.57 Å². The van der Waals surface area contributed by atoms with E-state index in [0.29, 0.717) is 0 Å². The number of rotatable bonds is 15. The summed E-state index contributed by atoms with van der Waals surface area (Å²) in [6.45, 7) is 9.30. The van der Waals surface area contributed by atoms with Crippen LogP contribution >= 0.6 is 0 Å². The smallest absolute Gasteiger partial charge is 0.234 e. The fourth-order valence-electron chi connectivity index (χ4n) is 3.30. The summed E-state index contributed by atoms with van der Waals surface area (Å²) in [5, 5.41) is 0. The van der Waals surface area contributed by atoms with Crippen molar-refractivity contribution >= 4 is 0 Å². The van der Waals surface area contributed by atoms with Crippen molar-refractivity contribution in [1.29, 1.82) is 0 Å². The average Bonchev–Trinajstić information content (AvgIpc) is 2.94. The maximum Gasteiger partial charge on any atom is 0.256 e. The van der Waals surface area contributed by atoms with Crippen LogP contribution in [0.15, 0.2) is 12.4 Å². The highest BCUT2D eigenvalue weighted by atomic mass is 15.1. The molecule has 0 atom stereocenters. The van der Waals surface area contributed by atoms with Crippen molar-refractivity contribution in [3.63, 3.8) is 0 Å². The van der Waals surface area contributed by atoms with Crippen molar-refractivity contribution in [1.82, 2.24) is 4.57 Å². The van der Waals surface area contributed by atoms with Crippen LogP contribution in [-0.4, -0.2) is 4.57 Å². The lowest BCUT2D eigenvalue weighted by molar-refractivity contribution is -0.704. The van der Waals surface area contributed by atoms with Crippen molar-refractivity contribution in [3.8, 4) is 0 Å². The molecule has 0 aromatic carbocycles. The van der Waals surface area contributed by atoms with E-state index in [9.17, 15) is 0 Å². The van der Waals surface area contributed by atoms with E-state index in [0.717, 1.165) is 0 Å². The first-order valence-corrected chi connectivity index (χ1v) is 10.4. The third kappa shape index (κ3) is 8.58. The summed E-state index contributed by atoms with van der Waals surface area (Å²) in [6, 6.07) is 0. The quantitative estimate of drug-likeness (QED) is 0.274. The zero-order chi connectivity index (χ0) is 16.8. The monoisotopic (exact) mass is 321 g/mol. The lowest BCUT2D eigenvalue weighted by Crippen LogP contribution is -2.37. The zero-order valence-electron chi connectivity index (χ0n) is 16.2. The van der Waals surface area contributed by atoms with Crippen LogP contribution in [0.4, 0.5) is 0 Å². The molecule has 23 heavy (non-hydrogen) atoms. The van der Waals surface area contributed by atoms with Gasteiger partial charge in [0, 0.05) is 6.42 Å². The Morgan fingerprint density at radius 1 is 0.739 bits per heavy atom. The molecule has 0 aliphatic carbocycles. The molecular weight excluding hydrogens is 280 g/mol. The largest absolute Gasteiger partial charge is 0.256 e. The Hall–Kier alpha value is -0.790. The Kier molecular flexibility index (Phi) is 12.0. The van der Waals surface area contributed by atoms with Gasteiger partial charge < -0.3 is 0 Å². The molecule has 0 aliphatic rings. The molecule has 1 aromatic heterocycles. The Morgan fingerprint density at radius 2 is 1.35 bits per heavy atom. The molecule has 0 amide bonds. The summed E-state index contributed by atoms with van der Waals surface area (Å²) in [7, 11) is 0. The van der Waals surface area contributed by atoms with E-state index in [2.05, 4.69) is 42.3 Å². The molecule has 0 radical (unpaired) electrons. The Morgan fingerprint density at radius 3 is 2.04 bits per heavy atom. The van der Waals surface area contributed by atoms with Gasteiger partial charge in [-0.2, -0.15) is 0 Å². The van der Waals surface area contributed by atoms with Crippen LogP contribution in [0.5, 0.6) is 0 Å². The van der Waals surface area contributed by atoms with Gasteiger partial charge in [-0.1, -0.05) is 65.7 Å². The molecule has 1 heterocycles. The van der Waals surface area contributed by atoms with E-state index in [1.807, 2.05) is 0 Å². The Bertz CT molecular complexity index is 381. The first-order chi connectivity index (χ1) is 11.3. The third-order valence-electron chi connectivity index (χ3n) is 4.85. The van der Waals surface area contributed by atoms with Gasteiger partial charge in [0.15, 0.2) is 0 Å². The van der Waals surface area contributed by atoms with E-state index in [-0.39, 0.29) is 0 Å². The molecule has 2 nitrogen and oxygen atoms in total. The molecular formula is C21H41N2+. The maximum atomic E-state index is 2.54. The highest BCUT2D eigenvalue weighted by Crippen LogP contribution is 2.09. The SMILES string of the molecule is CCCCCCCCC[n+]1ccn(CCCCC)c1CCCC. The summed E-state index contributed by atoms with van der Waals surface area (Å²) >= 11 is 0. The molecule has 0 saturated heterocycles. The zero-order valence-corrected chi connectivity index (χ0v) is 16.2. The minimum Gasteiger partial charge on any atom is -0.234 e. The average molecular weight is 322 g/mol. The highest BCUT2D eigenvalue weighted by Gasteiger charge is 2.15. The fraction of sp³-hybridized carbons (Fsp3) is 0.857. The standard InChI is InChI=1S/C21H41N2/c1-4-7-10-11-12-13-15-18-23-20-19-22(17-14-8-5-2)21(23)16-9-6-3/h19-20H,4-18H2,1-3H3/q+1. The number of aryl methyl sites for hydroxylation is 2. The molecule has 0 fully saturated rings. The minimum absolute atomic E-state index is 1.21. The van der Waals surface area contributed by atoms with Gasteiger partial charge in [-0.15, -0.1) is 0 Å². The normalized spacial score (nSPS) is 11.3. The predicted molar refractivity (Wildman–Crippen MR) is 101 cm³/mol. The van der Waals surface area contributed by atoms with Crippen molar-refractivity contribution in [2.75, 3.05) is 0 Å². The second-order valence-electron chi connectivity index (χ2n) is 7.03. The lowest BCUT2D eigenvalue weighted by atomic mass is 10.1. The van der Waals surface area contributed by atoms with Gasteiger partial charge >= 0.3 is 0 Å². The summed E-state index contributed by atoms with van der Waals surface area (Å²) in [4.78, 5) is 0. The molecule has 1 aromatic rings. The van der Waals surface area contributed by atoms with E-state index in [4.69, 9.17) is 0 Å². The minimum atomic E-state index is 1.21. The van der Waals surface area contributed by atoms with Gasteiger partial charge in [0.2, 0.25) is 0 Å². The van der Waals surface area contributed by atoms with Crippen LogP contribution in [0.25, 0.3) is 0 Å². The van der Waals surface area contributed by atoms with Gasteiger partial charge in [0.1, 0.15) is 12.4 Å². The van der Waals surface area contributed by atoms with Crippen molar-refractivity contribution < 1.29 is 4.57 Å². The van der Waals surface area contributed by atoms with Crippen LogP contribution in [0, 0.1) is 0 Å². The fourth-order valence-corrected chi connectivity index (χ4v) is 3.30. The van der Waals surface area contributed by atoms with Gasteiger partial charge in [-0.25, -0.2) is 9.13 Å². The summed E-state index contributed by atoms with van der Waals surface area (Å²) < 4.78 is 5.06. The molecule has 2 heteroatoms. The second-order valence-corrected chi connectivity index (χ2v) is 7.03. The number of aromatic nitrogens is 2. The molecule has 1 rings (SSSR count). The maximum absolute atomic E-state index is 2.54. The molecule has 0 bridgehead atoms. The molecule has 0 unspecified atom stereocenters. The van der Waals surface area contributed by atoms with Crippen molar-refractivity contribution in [2.24, 2.45) is 0 Å². The van der Waals surface area contributed by atoms with Crippen molar-refractivity contribution in [2.45, 2.75) is 117 Å². The van der Waals surface area contributed by atoms with Gasteiger partial charge in [0.05, 0.1) is 13.1 Å². The Balaban J connectivity index is 2.39.